The zero-order valence-corrected chi connectivity index (χ0v) is 17.6. The van der Waals surface area contributed by atoms with Crippen LogP contribution in [-0.2, 0) is 9.59 Å². The van der Waals surface area contributed by atoms with Crippen LogP contribution in [0.4, 0.5) is 0 Å². The Hall–Kier alpha value is -1.42. The topological polar surface area (TPSA) is 105 Å². The number of methoxy groups -OCH3 is 2. The van der Waals surface area contributed by atoms with Crippen LogP contribution in [0.5, 0.6) is 11.5 Å². The van der Waals surface area contributed by atoms with Gasteiger partial charge in [0.1, 0.15) is 34.5 Å². The van der Waals surface area contributed by atoms with Crippen molar-refractivity contribution >= 4 is 59.1 Å². The number of carboxylic acids is 1. The van der Waals surface area contributed by atoms with E-state index in [0.29, 0.717) is 0 Å². The third-order valence-corrected chi connectivity index (χ3v) is 5.97. The zero-order valence-electron chi connectivity index (χ0n) is 20.8. The van der Waals surface area contributed by atoms with Gasteiger partial charge in [0.15, 0.2) is 0 Å². The van der Waals surface area contributed by atoms with Crippen molar-refractivity contribution < 1.29 is 37.2 Å². The second-order valence-electron chi connectivity index (χ2n) is 6.38. The molecule has 1 aromatic rings. The monoisotopic (exact) mass is 409 g/mol. The van der Waals surface area contributed by atoms with Crippen molar-refractivity contribution in [2.24, 2.45) is 0 Å². The molecule has 1 radical (unpaired) electrons. The number of thioether (sulfide) groups is 1. The Balaban J connectivity index is 0.00000385. The fraction of sp³-hybridized carbons (Fsp3) is 0.471. The molecule has 2 saturated heterocycles. The van der Waals surface area contributed by atoms with Crippen LogP contribution in [0.15, 0.2) is 18.2 Å². The predicted octanol–water partition coefficient (Wildman–Crippen LogP) is 0.568. The fourth-order valence-electron chi connectivity index (χ4n) is 3.26. The van der Waals surface area contributed by atoms with Gasteiger partial charge in [0.05, 0.1) is 22.3 Å². The standard InChI is InChI=1S/C17H20N2O6S.Na/c1-17(2)12(16(22)23)19-14(21)11(15(19)26-17)18-13(20)10-8(24-3)6-5-7-9(10)25-4;/h5-7,11-12,15H,1-4H3,(H,18,20)(H,22,23);/t11-,12+,15-;/m1./s1/i3D3,4D3;. The molecule has 0 aliphatic carbocycles. The van der Waals surface area contributed by atoms with Crippen molar-refractivity contribution in [3.05, 3.63) is 23.8 Å². The maximum absolute atomic E-state index is 13.0. The van der Waals surface area contributed by atoms with Gasteiger partial charge in [-0.1, -0.05) is 6.07 Å². The van der Waals surface area contributed by atoms with Gasteiger partial charge in [-0.3, -0.25) is 9.59 Å². The molecule has 2 amide bonds. The van der Waals surface area contributed by atoms with E-state index in [9.17, 15) is 19.5 Å². The molecule has 2 fully saturated rings. The maximum Gasteiger partial charge on any atom is 0.327 e. The molecule has 141 valence electrons. The Morgan fingerprint density at radius 3 is 2.41 bits per heavy atom. The summed E-state index contributed by atoms with van der Waals surface area (Å²) in [5.74, 6) is -3.72. The maximum atomic E-state index is 13.0. The average Bonchev–Trinajstić information content (AvgIpc) is 2.85. The van der Waals surface area contributed by atoms with Crippen molar-refractivity contribution in [3.63, 3.8) is 0 Å². The van der Waals surface area contributed by atoms with E-state index in [2.05, 4.69) is 5.32 Å². The number of benzene rings is 1. The number of β-lactam (4-membered cyclic amide) rings is 1. The molecule has 0 spiro atoms. The number of nitrogens with zero attached hydrogens (tertiary/aromatic N) is 1. The molecular weight excluding hydrogens is 383 g/mol. The summed E-state index contributed by atoms with van der Waals surface area (Å²) in [4.78, 5) is 38.5. The summed E-state index contributed by atoms with van der Waals surface area (Å²) in [7, 11) is -5.90. The van der Waals surface area contributed by atoms with Crippen molar-refractivity contribution in [1.29, 1.82) is 0 Å². The van der Waals surface area contributed by atoms with E-state index in [1.54, 1.807) is 13.8 Å². The second-order valence-corrected chi connectivity index (χ2v) is 8.15. The van der Waals surface area contributed by atoms with Crippen LogP contribution in [0.2, 0.25) is 0 Å². The number of rotatable bonds is 5. The van der Waals surface area contributed by atoms with Gasteiger partial charge in [0.2, 0.25) is 5.91 Å². The van der Waals surface area contributed by atoms with Crippen LogP contribution >= 0.6 is 11.8 Å². The molecule has 0 unspecified atom stereocenters. The van der Waals surface area contributed by atoms with Crippen LogP contribution in [0.25, 0.3) is 0 Å². The molecule has 0 saturated carbocycles. The van der Waals surface area contributed by atoms with Crippen LogP contribution in [-0.4, -0.2) is 93.6 Å². The van der Waals surface area contributed by atoms with Crippen LogP contribution in [0.1, 0.15) is 32.4 Å². The van der Waals surface area contributed by atoms with Gasteiger partial charge in [0.25, 0.3) is 5.91 Å². The summed E-state index contributed by atoms with van der Waals surface area (Å²) >= 11 is 1.20. The Morgan fingerprint density at radius 1 is 1.30 bits per heavy atom. The number of hydrogen-bond acceptors (Lipinski definition) is 6. The molecule has 0 aromatic heterocycles. The largest absolute Gasteiger partial charge is 0.496 e. The molecule has 2 heterocycles. The summed E-state index contributed by atoms with van der Waals surface area (Å²) in [6.45, 7) is 3.34. The van der Waals surface area contributed by atoms with Gasteiger partial charge >= 0.3 is 5.97 Å². The Labute approximate surface area is 191 Å². The first-order valence-corrected chi connectivity index (χ1v) is 8.44. The average molecular weight is 409 g/mol. The quantitative estimate of drug-likeness (QED) is 0.541. The van der Waals surface area contributed by atoms with Gasteiger partial charge < -0.3 is 24.8 Å². The Morgan fingerprint density at radius 2 is 1.89 bits per heavy atom. The number of ether oxygens (including phenoxy) is 2. The van der Waals surface area contributed by atoms with E-state index in [1.807, 2.05) is 0 Å². The number of carboxylic acid groups (broad SMARTS) is 1. The van der Waals surface area contributed by atoms with Crippen LogP contribution in [0.3, 0.4) is 0 Å². The zero-order chi connectivity index (χ0) is 24.2. The van der Waals surface area contributed by atoms with Gasteiger partial charge in [-0.25, -0.2) is 4.79 Å². The third-order valence-electron chi connectivity index (χ3n) is 4.40. The van der Waals surface area contributed by atoms with Crippen molar-refractivity contribution in [3.8, 4) is 11.5 Å². The SMILES string of the molecule is [2H]C([2H])([2H])Oc1cccc(OC([2H])([2H])[2H])c1C(=O)N[C@@H]1C(=O)N2[C@@H]1SC(C)(C)[C@@H]2C(=O)O.[Na]. The summed E-state index contributed by atoms with van der Waals surface area (Å²) in [5, 5.41) is 11.3. The molecule has 27 heavy (non-hydrogen) atoms. The first-order valence-electron chi connectivity index (χ1n) is 10.6. The van der Waals surface area contributed by atoms with Gasteiger partial charge in [-0.05, 0) is 26.0 Å². The minimum Gasteiger partial charge on any atom is -0.496 e. The number of aliphatic carboxylic acids is 1. The Bertz CT molecular complexity index is 938. The predicted molar refractivity (Wildman–Crippen MR) is 100 cm³/mol. The first kappa shape index (κ1) is 14.6. The van der Waals surface area contributed by atoms with E-state index >= 15 is 0 Å². The van der Waals surface area contributed by atoms with Crippen LogP contribution < -0.4 is 14.8 Å². The van der Waals surface area contributed by atoms with Gasteiger partial charge in [0, 0.05) is 34.3 Å². The molecule has 2 aliphatic rings. The van der Waals surface area contributed by atoms with Crippen LogP contribution in [0, 0.1) is 0 Å². The summed E-state index contributed by atoms with van der Waals surface area (Å²) < 4.78 is 52.6. The van der Waals surface area contributed by atoms with Crippen molar-refractivity contribution in [2.75, 3.05) is 14.1 Å². The van der Waals surface area contributed by atoms with E-state index in [-0.39, 0.29) is 29.6 Å². The third kappa shape index (κ3) is 3.53. The molecule has 10 heteroatoms. The minimum atomic E-state index is -2.95. The number of fused-ring (bicyclic) bond motifs is 1. The molecular formula is C17H20N2NaO6S. The molecule has 2 N–H and O–H groups in total. The second kappa shape index (κ2) is 7.90. The molecule has 0 bridgehead atoms. The number of nitrogens with one attached hydrogen (secondary N) is 1. The van der Waals surface area contributed by atoms with Crippen molar-refractivity contribution in [1.82, 2.24) is 10.2 Å². The summed E-state index contributed by atoms with van der Waals surface area (Å²) in [6.07, 6.45) is 0. The molecule has 3 rings (SSSR count). The summed E-state index contributed by atoms with van der Waals surface area (Å²) in [5.41, 5.74) is -0.511. The van der Waals surface area contributed by atoms with Gasteiger partial charge in [-0.15, -0.1) is 11.8 Å². The molecule has 3 atom stereocenters. The normalized spacial score (nSPS) is 29.2. The van der Waals surface area contributed by atoms with Gasteiger partial charge in [-0.2, -0.15) is 0 Å². The van der Waals surface area contributed by atoms with E-state index < -0.39 is 71.1 Å². The molecule has 8 nitrogen and oxygen atoms in total. The number of hydrogen-bond donors (Lipinski definition) is 2. The van der Waals surface area contributed by atoms with E-state index in [0.717, 1.165) is 12.1 Å². The van der Waals surface area contributed by atoms with E-state index in [4.69, 9.17) is 17.7 Å². The molecule has 2 aliphatic heterocycles. The minimum absolute atomic E-state index is 0. The fourth-order valence-corrected chi connectivity index (χ4v) is 4.89. The molecule has 1 aromatic carbocycles. The first-order chi connectivity index (χ1) is 14.5. The van der Waals surface area contributed by atoms with Crippen molar-refractivity contribution in [2.45, 2.75) is 36.1 Å². The number of amides is 2. The number of carbonyl (C=O) groups is 3. The summed E-state index contributed by atoms with van der Waals surface area (Å²) in [6, 6.07) is 1.37. The smallest absolute Gasteiger partial charge is 0.327 e. The van der Waals surface area contributed by atoms with E-state index in [1.165, 1.54) is 22.7 Å². The Kier molecular flexibility index (Phi) is 4.26. The number of carbonyl (C=O) groups excluding carboxylic acids is 2.